The van der Waals surface area contributed by atoms with Crippen molar-refractivity contribution in [3.05, 3.63) is 0 Å². The number of halogens is 2. The Morgan fingerprint density at radius 1 is 1.31 bits per heavy atom. The van der Waals surface area contributed by atoms with Gasteiger partial charge in [-0.2, -0.15) is 0 Å². The van der Waals surface area contributed by atoms with Crippen molar-refractivity contribution in [2.45, 2.75) is 32.7 Å². The van der Waals surface area contributed by atoms with Gasteiger partial charge in [0.2, 0.25) is 0 Å². The lowest BCUT2D eigenvalue weighted by molar-refractivity contribution is 0.0591. The number of carbonyl (C=O) groups excluding carboxylic acids is 1. The van der Waals surface area contributed by atoms with Crippen LogP contribution in [0.3, 0.4) is 0 Å². The molecule has 0 spiro atoms. The molecule has 2 fully saturated rings. The van der Waals surface area contributed by atoms with Crippen molar-refractivity contribution in [2.75, 3.05) is 13.1 Å². The summed E-state index contributed by atoms with van der Waals surface area (Å²) >= 11 is 0. The van der Waals surface area contributed by atoms with E-state index < -0.39 is 17.8 Å². The minimum absolute atomic E-state index is 0.0740. The molecule has 5 heteroatoms. The molecule has 0 radical (unpaired) electrons. The molecule has 16 heavy (non-hydrogen) atoms. The van der Waals surface area contributed by atoms with Gasteiger partial charge in [0.25, 0.3) is 5.92 Å². The Balaban J connectivity index is 1.81. The molecule has 2 rings (SSSR count). The van der Waals surface area contributed by atoms with Gasteiger partial charge in [0.05, 0.1) is 11.8 Å². The van der Waals surface area contributed by atoms with E-state index in [0.717, 1.165) is 0 Å². The van der Waals surface area contributed by atoms with Crippen LogP contribution in [0.5, 0.6) is 0 Å². The molecule has 1 aliphatic carbocycles. The quantitative estimate of drug-likeness (QED) is 0.775. The lowest BCUT2D eigenvalue weighted by atomic mass is 10.1. The fourth-order valence-corrected chi connectivity index (χ4v) is 2.13. The van der Waals surface area contributed by atoms with Crippen molar-refractivity contribution < 1.29 is 13.6 Å². The largest absolute Gasteiger partial charge is 0.335 e. The molecule has 2 unspecified atom stereocenters. The first-order valence-electron chi connectivity index (χ1n) is 5.77. The van der Waals surface area contributed by atoms with Crippen LogP contribution in [0, 0.1) is 17.8 Å². The molecule has 1 heterocycles. The Morgan fingerprint density at radius 2 is 1.81 bits per heavy atom. The Morgan fingerprint density at radius 3 is 2.25 bits per heavy atom. The number of nitrogens with one attached hydrogen (secondary N) is 1. The van der Waals surface area contributed by atoms with Crippen LogP contribution >= 0.6 is 0 Å². The van der Waals surface area contributed by atoms with Crippen LogP contribution in [0.2, 0.25) is 0 Å². The van der Waals surface area contributed by atoms with Crippen molar-refractivity contribution in [2.24, 2.45) is 17.8 Å². The topological polar surface area (TPSA) is 32.3 Å². The Kier molecular flexibility index (Phi) is 2.59. The van der Waals surface area contributed by atoms with Crippen LogP contribution < -0.4 is 5.32 Å². The molecule has 1 saturated heterocycles. The number of amides is 2. The molecule has 3 nitrogen and oxygen atoms in total. The van der Waals surface area contributed by atoms with E-state index in [9.17, 15) is 13.6 Å². The SMILES string of the molecule is CC(C)[C@@H](C)NC(=O)N1CC2C(C1)C2(F)F. The Hall–Kier alpha value is -0.870. The Bertz CT molecular complexity index is 292. The van der Waals surface area contributed by atoms with Crippen molar-refractivity contribution in [1.29, 1.82) is 0 Å². The first kappa shape index (κ1) is 11.6. The number of fused-ring (bicyclic) bond motifs is 1. The second kappa shape index (κ2) is 3.57. The summed E-state index contributed by atoms with van der Waals surface area (Å²) in [5.41, 5.74) is 0. The summed E-state index contributed by atoms with van der Waals surface area (Å²) in [7, 11) is 0. The van der Waals surface area contributed by atoms with Crippen molar-refractivity contribution >= 4 is 6.03 Å². The van der Waals surface area contributed by atoms with E-state index in [2.05, 4.69) is 5.32 Å². The highest BCUT2D eigenvalue weighted by atomic mass is 19.3. The van der Waals surface area contributed by atoms with E-state index in [1.807, 2.05) is 20.8 Å². The van der Waals surface area contributed by atoms with Gasteiger partial charge in [-0.05, 0) is 12.8 Å². The van der Waals surface area contributed by atoms with E-state index in [1.165, 1.54) is 4.90 Å². The number of hydrogen-bond acceptors (Lipinski definition) is 1. The molecular formula is C11H18F2N2O. The molecule has 1 aliphatic heterocycles. The second-order valence-corrected chi connectivity index (χ2v) is 5.27. The lowest BCUT2D eigenvalue weighted by Gasteiger charge is -2.24. The molecule has 1 saturated carbocycles. The van der Waals surface area contributed by atoms with Gasteiger partial charge >= 0.3 is 6.03 Å². The molecular weight excluding hydrogens is 214 g/mol. The number of urea groups is 1. The van der Waals surface area contributed by atoms with Gasteiger partial charge in [-0.1, -0.05) is 13.8 Å². The molecule has 0 aromatic heterocycles. The summed E-state index contributed by atoms with van der Waals surface area (Å²) in [6.45, 7) is 6.36. The number of rotatable bonds is 2. The average molecular weight is 232 g/mol. The minimum atomic E-state index is -2.51. The van der Waals surface area contributed by atoms with E-state index in [4.69, 9.17) is 0 Å². The van der Waals surface area contributed by atoms with Crippen molar-refractivity contribution in [3.63, 3.8) is 0 Å². The van der Waals surface area contributed by atoms with Gasteiger partial charge in [-0.25, -0.2) is 13.6 Å². The zero-order chi connectivity index (χ0) is 12.1. The summed E-state index contributed by atoms with van der Waals surface area (Å²) in [6, 6.07) is -0.130. The maximum absolute atomic E-state index is 12.9. The van der Waals surface area contributed by atoms with Gasteiger partial charge in [0.15, 0.2) is 0 Å². The van der Waals surface area contributed by atoms with Crippen LogP contribution in [-0.4, -0.2) is 36.0 Å². The van der Waals surface area contributed by atoms with Crippen molar-refractivity contribution in [1.82, 2.24) is 10.2 Å². The van der Waals surface area contributed by atoms with Crippen LogP contribution in [0.4, 0.5) is 13.6 Å². The van der Waals surface area contributed by atoms with Crippen molar-refractivity contribution in [3.8, 4) is 0 Å². The third-order valence-corrected chi connectivity index (χ3v) is 3.84. The van der Waals surface area contributed by atoms with Gasteiger partial charge in [-0.15, -0.1) is 0 Å². The number of carbonyl (C=O) groups is 1. The maximum Gasteiger partial charge on any atom is 0.317 e. The first-order valence-corrected chi connectivity index (χ1v) is 5.77. The molecule has 0 aromatic carbocycles. The maximum atomic E-state index is 12.9. The normalized spacial score (nSPS) is 32.5. The molecule has 3 atom stereocenters. The standard InChI is InChI=1S/C11H18F2N2O/c1-6(2)7(3)14-10(16)15-4-8-9(5-15)11(8,12)13/h6-9H,4-5H2,1-3H3,(H,14,16)/t7-,8?,9?/m1/s1. The van der Waals surface area contributed by atoms with E-state index in [-0.39, 0.29) is 25.2 Å². The van der Waals surface area contributed by atoms with E-state index >= 15 is 0 Å². The summed E-state index contributed by atoms with van der Waals surface area (Å²) < 4.78 is 25.8. The van der Waals surface area contributed by atoms with E-state index in [0.29, 0.717) is 5.92 Å². The smallest absolute Gasteiger partial charge is 0.317 e. The third-order valence-electron chi connectivity index (χ3n) is 3.84. The summed E-state index contributed by atoms with van der Waals surface area (Å²) in [5, 5.41) is 2.83. The van der Waals surface area contributed by atoms with E-state index in [1.54, 1.807) is 0 Å². The minimum Gasteiger partial charge on any atom is -0.335 e. The predicted octanol–water partition coefficient (Wildman–Crippen LogP) is 1.94. The summed E-state index contributed by atoms with van der Waals surface area (Å²) in [4.78, 5) is 13.2. The average Bonchev–Trinajstić information content (AvgIpc) is 2.62. The van der Waals surface area contributed by atoms with Crippen LogP contribution in [0.1, 0.15) is 20.8 Å². The number of hydrogen-bond donors (Lipinski definition) is 1. The van der Waals surface area contributed by atoms with Gasteiger partial charge in [-0.3, -0.25) is 0 Å². The fourth-order valence-electron chi connectivity index (χ4n) is 2.13. The van der Waals surface area contributed by atoms with Crippen LogP contribution in [-0.2, 0) is 0 Å². The van der Waals surface area contributed by atoms with Crippen LogP contribution in [0.15, 0.2) is 0 Å². The molecule has 0 aromatic rings. The highest BCUT2D eigenvalue weighted by molar-refractivity contribution is 5.75. The Labute approximate surface area is 94.2 Å². The predicted molar refractivity (Wildman–Crippen MR) is 56.3 cm³/mol. The van der Waals surface area contributed by atoms with Gasteiger partial charge in [0, 0.05) is 19.1 Å². The molecule has 1 N–H and O–H groups in total. The molecule has 2 amide bonds. The first-order chi connectivity index (χ1) is 7.34. The molecule has 0 bridgehead atoms. The summed E-state index contributed by atoms with van der Waals surface area (Å²) in [6.07, 6.45) is 0. The highest BCUT2D eigenvalue weighted by Crippen LogP contribution is 2.59. The zero-order valence-electron chi connectivity index (χ0n) is 9.84. The summed E-state index contributed by atoms with van der Waals surface area (Å²) in [5.74, 6) is -3.34. The lowest BCUT2D eigenvalue weighted by Crippen LogP contribution is -2.46. The monoisotopic (exact) mass is 232 g/mol. The molecule has 92 valence electrons. The number of likely N-dealkylation sites (tertiary alicyclic amines) is 1. The number of alkyl halides is 2. The highest BCUT2D eigenvalue weighted by Gasteiger charge is 2.72. The molecule has 2 aliphatic rings. The third kappa shape index (κ3) is 1.76. The fraction of sp³-hybridized carbons (Fsp3) is 0.909. The number of piperidine rings is 1. The van der Waals surface area contributed by atoms with Gasteiger partial charge in [0.1, 0.15) is 0 Å². The van der Waals surface area contributed by atoms with Crippen LogP contribution in [0.25, 0.3) is 0 Å². The number of nitrogens with zero attached hydrogens (tertiary/aromatic N) is 1. The zero-order valence-corrected chi connectivity index (χ0v) is 9.84. The second-order valence-electron chi connectivity index (χ2n) is 5.27. The van der Waals surface area contributed by atoms with Gasteiger partial charge < -0.3 is 10.2 Å².